The zero-order valence-corrected chi connectivity index (χ0v) is 11.9. The first-order valence-corrected chi connectivity index (χ1v) is 6.95. The number of H-pyrrole nitrogens is 1. The molecule has 1 aliphatic rings. The second kappa shape index (κ2) is 4.90. The molecule has 3 rings (SSSR count). The van der Waals surface area contributed by atoms with E-state index in [0.717, 1.165) is 10.9 Å². The van der Waals surface area contributed by atoms with Crippen molar-refractivity contribution in [2.24, 2.45) is 11.8 Å². The molecule has 106 valence electrons. The van der Waals surface area contributed by atoms with Crippen LogP contribution in [0.3, 0.4) is 0 Å². The Morgan fingerprint density at radius 2 is 2.15 bits per heavy atom. The van der Waals surface area contributed by atoms with E-state index in [1.54, 1.807) is 6.20 Å². The minimum atomic E-state index is -0.131. The number of carbonyl (C=O) groups is 1. The van der Waals surface area contributed by atoms with Crippen LogP contribution in [0.5, 0.6) is 0 Å². The van der Waals surface area contributed by atoms with Crippen molar-refractivity contribution in [1.29, 1.82) is 0 Å². The van der Waals surface area contributed by atoms with E-state index < -0.39 is 0 Å². The lowest BCUT2D eigenvalue weighted by atomic mass is 9.89. The van der Waals surface area contributed by atoms with Gasteiger partial charge in [0.15, 0.2) is 0 Å². The van der Waals surface area contributed by atoms with Gasteiger partial charge in [-0.25, -0.2) is 4.98 Å². The Morgan fingerprint density at radius 3 is 2.85 bits per heavy atom. The van der Waals surface area contributed by atoms with Gasteiger partial charge in [0, 0.05) is 11.6 Å². The number of carbonyl (C=O) groups excluding carboxylic acids is 1. The molecule has 0 radical (unpaired) electrons. The Morgan fingerprint density at radius 1 is 1.35 bits per heavy atom. The topological polar surface area (TPSA) is 67.0 Å². The fourth-order valence-electron chi connectivity index (χ4n) is 2.95. The van der Waals surface area contributed by atoms with Crippen LogP contribution >= 0.6 is 0 Å². The Kier molecular flexibility index (Phi) is 3.22. The zero-order valence-electron chi connectivity index (χ0n) is 11.9. The van der Waals surface area contributed by atoms with Crippen molar-refractivity contribution in [3.05, 3.63) is 24.5 Å². The minimum absolute atomic E-state index is 0.0169. The Labute approximate surface area is 117 Å². The van der Waals surface area contributed by atoms with Crippen molar-refractivity contribution in [2.75, 3.05) is 5.32 Å². The maximum atomic E-state index is 12.4. The number of rotatable bonds is 2. The van der Waals surface area contributed by atoms with Crippen LogP contribution in [-0.4, -0.2) is 28.1 Å². The first-order chi connectivity index (χ1) is 9.56. The van der Waals surface area contributed by atoms with Gasteiger partial charge in [0.05, 0.1) is 29.8 Å². The largest absolute Gasteiger partial charge is 0.374 e. The molecule has 0 aliphatic carbocycles. The van der Waals surface area contributed by atoms with E-state index >= 15 is 0 Å². The van der Waals surface area contributed by atoms with E-state index in [9.17, 15) is 4.79 Å². The summed E-state index contributed by atoms with van der Waals surface area (Å²) in [5, 5.41) is 3.94. The van der Waals surface area contributed by atoms with Gasteiger partial charge in [-0.05, 0) is 31.9 Å². The van der Waals surface area contributed by atoms with E-state index in [1.807, 2.05) is 32.2 Å². The predicted molar refractivity (Wildman–Crippen MR) is 77.4 cm³/mol. The average molecular weight is 273 g/mol. The summed E-state index contributed by atoms with van der Waals surface area (Å²) in [6.45, 7) is 6.02. The summed E-state index contributed by atoms with van der Waals surface area (Å²) in [5.41, 5.74) is 0.961. The lowest BCUT2D eigenvalue weighted by Crippen LogP contribution is -2.32. The summed E-state index contributed by atoms with van der Waals surface area (Å²) in [5.74, 6) is 0.646. The van der Waals surface area contributed by atoms with Crippen LogP contribution in [0, 0.1) is 11.8 Å². The van der Waals surface area contributed by atoms with E-state index in [2.05, 4.69) is 22.2 Å². The highest BCUT2D eigenvalue weighted by molar-refractivity contribution is 5.94. The van der Waals surface area contributed by atoms with Crippen LogP contribution < -0.4 is 5.32 Å². The molecule has 0 saturated carbocycles. The van der Waals surface area contributed by atoms with Crippen molar-refractivity contribution < 1.29 is 9.53 Å². The van der Waals surface area contributed by atoms with Gasteiger partial charge in [-0.1, -0.05) is 6.92 Å². The number of aromatic amines is 1. The molecule has 4 atom stereocenters. The number of nitrogens with one attached hydrogen (secondary N) is 2. The highest BCUT2D eigenvalue weighted by atomic mass is 16.5. The van der Waals surface area contributed by atoms with Gasteiger partial charge in [0.25, 0.3) is 0 Å². The average Bonchev–Trinajstić information content (AvgIpc) is 2.94. The maximum Gasteiger partial charge on any atom is 0.231 e. The second-order valence-electron chi connectivity index (χ2n) is 5.55. The molecule has 0 bridgehead atoms. The highest BCUT2D eigenvalue weighted by Crippen LogP contribution is 2.32. The molecule has 1 fully saturated rings. The number of anilines is 1. The minimum Gasteiger partial charge on any atom is -0.374 e. The van der Waals surface area contributed by atoms with Gasteiger partial charge in [0.1, 0.15) is 5.82 Å². The molecule has 0 aromatic carbocycles. The Bertz CT molecular complexity index is 637. The normalized spacial score (nSPS) is 29.8. The highest BCUT2D eigenvalue weighted by Gasteiger charge is 2.41. The molecule has 2 N–H and O–H groups in total. The molecular weight excluding hydrogens is 254 g/mol. The summed E-state index contributed by atoms with van der Waals surface area (Å²) in [6, 6.07) is 3.83. The third kappa shape index (κ3) is 2.18. The fourth-order valence-corrected chi connectivity index (χ4v) is 2.95. The van der Waals surface area contributed by atoms with Crippen LogP contribution in [0.15, 0.2) is 24.5 Å². The Balaban J connectivity index is 1.78. The molecule has 4 unspecified atom stereocenters. The summed E-state index contributed by atoms with van der Waals surface area (Å²) in [7, 11) is 0. The molecule has 20 heavy (non-hydrogen) atoms. The Hall–Kier alpha value is -1.88. The molecule has 1 aliphatic heterocycles. The summed E-state index contributed by atoms with van der Waals surface area (Å²) < 4.78 is 5.72. The predicted octanol–water partition coefficient (Wildman–Crippen LogP) is 2.56. The number of aromatic nitrogens is 2. The van der Waals surface area contributed by atoms with Gasteiger partial charge >= 0.3 is 0 Å². The third-order valence-corrected chi connectivity index (χ3v) is 4.23. The first-order valence-electron chi connectivity index (χ1n) is 6.95. The van der Waals surface area contributed by atoms with Gasteiger partial charge in [-0.3, -0.25) is 4.79 Å². The van der Waals surface area contributed by atoms with Crippen molar-refractivity contribution in [3.8, 4) is 0 Å². The number of hydrogen-bond donors (Lipinski definition) is 2. The number of hydrogen-bond acceptors (Lipinski definition) is 3. The fraction of sp³-hybridized carbons (Fsp3) is 0.467. The lowest BCUT2D eigenvalue weighted by molar-refractivity contribution is -0.122. The molecule has 3 heterocycles. The third-order valence-electron chi connectivity index (χ3n) is 4.23. The standard InChI is InChI=1S/C15H19N3O2/c1-8-9(2)20-10(3)14(8)15(19)18-13-6-11-4-5-16-12(11)7-17-13/h4-10,14,16H,1-3H3,(H,17,18,19). The van der Waals surface area contributed by atoms with Crippen LogP contribution in [0.25, 0.3) is 10.9 Å². The molecule has 1 saturated heterocycles. The van der Waals surface area contributed by atoms with Crippen LogP contribution in [0.1, 0.15) is 20.8 Å². The molecule has 5 heteroatoms. The maximum absolute atomic E-state index is 12.4. The van der Waals surface area contributed by atoms with Crippen molar-refractivity contribution in [3.63, 3.8) is 0 Å². The van der Waals surface area contributed by atoms with E-state index in [-0.39, 0.29) is 30.0 Å². The van der Waals surface area contributed by atoms with Gasteiger partial charge in [-0.15, -0.1) is 0 Å². The van der Waals surface area contributed by atoms with Crippen LogP contribution in [0.4, 0.5) is 5.82 Å². The summed E-state index contributed by atoms with van der Waals surface area (Å²) in [6.07, 6.45) is 3.64. The van der Waals surface area contributed by atoms with Gasteiger partial charge in [-0.2, -0.15) is 0 Å². The molecule has 0 spiro atoms. The van der Waals surface area contributed by atoms with Gasteiger partial charge in [0.2, 0.25) is 5.91 Å². The van der Waals surface area contributed by atoms with E-state index in [0.29, 0.717) is 5.82 Å². The number of fused-ring (bicyclic) bond motifs is 1. The molecule has 5 nitrogen and oxygen atoms in total. The van der Waals surface area contributed by atoms with Crippen molar-refractivity contribution in [1.82, 2.24) is 9.97 Å². The van der Waals surface area contributed by atoms with E-state index in [1.165, 1.54) is 0 Å². The SMILES string of the molecule is CC1OC(C)C(C(=O)Nc2cc3cc[nH]c3cn2)C1C. The van der Waals surface area contributed by atoms with Crippen molar-refractivity contribution in [2.45, 2.75) is 33.0 Å². The molecular formula is C15H19N3O2. The van der Waals surface area contributed by atoms with Crippen LogP contribution in [0.2, 0.25) is 0 Å². The summed E-state index contributed by atoms with van der Waals surface area (Å²) in [4.78, 5) is 19.8. The van der Waals surface area contributed by atoms with Crippen molar-refractivity contribution >= 4 is 22.6 Å². The van der Waals surface area contributed by atoms with Crippen LogP contribution in [-0.2, 0) is 9.53 Å². The number of pyridine rings is 1. The van der Waals surface area contributed by atoms with E-state index in [4.69, 9.17) is 4.74 Å². The molecule has 1 amide bonds. The number of nitrogens with zero attached hydrogens (tertiary/aromatic N) is 1. The van der Waals surface area contributed by atoms with Gasteiger partial charge < -0.3 is 15.0 Å². The second-order valence-corrected chi connectivity index (χ2v) is 5.55. The quantitative estimate of drug-likeness (QED) is 0.883. The summed E-state index contributed by atoms with van der Waals surface area (Å²) >= 11 is 0. The molecule has 2 aromatic heterocycles. The lowest BCUT2D eigenvalue weighted by Gasteiger charge is -2.17. The first kappa shape index (κ1) is 13.1. The monoisotopic (exact) mass is 273 g/mol. The smallest absolute Gasteiger partial charge is 0.231 e. The molecule has 2 aromatic rings. The number of ether oxygens (including phenoxy) is 1. The number of amides is 1. The zero-order chi connectivity index (χ0) is 14.3.